The Labute approximate surface area is 127 Å². The monoisotopic (exact) mass is 290 g/mol. The molecule has 116 valence electrons. The molecule has 0 aromatic carbocycles. The molecule has 0 radical (unpaired) electrons. The van der Waals surface area contributed by atoms with E-state index in [2.05, 4.69) is 25.2 Å². The first-order valence-electron chi connectivity index (χ1n) is 7.50. The number of carbonyl (C=O) groups is 1. The van der Waals surface area contributed by atoms with Gasteiger partial charge in [-0.05, 0) is 37.0 Å². The van der Waals surface area contributed by atoms with E-state index in [1.165, 1.54) is 6.92 Å². The average Bonchev–Trinajstić information content (AvgIpc) is 2.31. The highest BCUT2D eigenvalue weighted by Crippen LogP contribution is 2.31. The highest BCUT2D eigenvalue weighted by molar-refractivity contribution is 6.01. The van der Waals surface area contributed by atoms with Crippen LogP contribution in [-0.4, -0.2) is 23.4 Å². The van der Waals surface area contributed by atoms with E-state index >= 15 is 0 Å². The molecule has 0 aliphatic heterocycles. The Morgan fingerprint density at radius 2 is 1.90 bits per heavy atom. The highest BCUT2D eigenvalue weighted by atomic mass is 16.1. The quantitative estimate of drug-likeness (QED) is 0.660. The minimum atomic E-state index is -0.0829. The van der Waals surface area contributed by atoms with E-state index in [4.69, 9.17) is 10.8 Å². The Kier molecular flexibility index (Phi) is 5.64. The molecule has 1 aliphatic carbocycles. The van der Waals surface area contributed by atoms with E-state index in [9.17, 15) is 4.79 Å². The third kappa shape index (κ3) is 4.13. The molecule has 1 aliphatic rings. The first-order chi connectivity index (χ1) is 9.65. The number of rotatable bonds is 5. The number of hydrogen-bond donors (Lipinski definition) is 3. The van der Waals surface area contributed by atoms with Gasteiger partial charge < -0.3 is 10.7 Å². The summed E-state index contributed by atoms with van der Waals surface area (Å²) in [7, 11) is 0. The standard InChI is InChI=1S/C17H27N3O/c1-9(2)17(11(4)18)15-7-10(3)14(8-16(15)19)12(5)20-13(6)21/h7-9,12,15,17-19H,1-6H3,(H,20,21)/p+1/t12-,15?,17?/m0/s1. The van der Waals surface area contributed by atoms with Crippen LogP contribution in [0.2, 0.25) is 0 Å². The molecule has 4 nitrogen and oxygen atoms in total. The van der Waals surface area contributed by atoms with Crippen molar-refractivity contribution in [2.45, 2.75) is 47.6 Å². The molecule has 21 heavy (non-hydrogen) atoms. The second-order valence-electron chi connectivity index (χ2n) is 6.37. The van der Waals surface area contributed by atoms with Crippen LogP contribution in [0.4, 0.5) is 0 Å². The van der Waals surface area contributed by atoms with Crippen molar-refractivity contribution in [3.05, 3.63) is 23.3 Å². The van der Waals surface area contributed by atoms with Gasteiger partial charge in [0.1, 0.15) is 5.71 Å². The predicted molar refractivity (Wildman–Crippen MR) is 87.3 cm³/mol. The van der Waals surface area contributed by atoms with Crippen molar-refractivity contribution in [1.29, 1.82) is 5.41 Å². The molecule has 3 atom stereocenters. The summed E-state index contributed by atoms with van der Waals surface area (Å²) in [6, 6.07) is -0.0829. The Bertz CT molecular complexity index is 514. The van der Waals surface area contributed by atoms with Crippen LogP contribution in [0.5, 0.6) is 0 Å². The molecule has 4 heteroatoms. The van der Waals surface area contributed by atoms with Gasteiger partial charge in [-0.1, -0.05) is 19.9 Å². The first-order valence-corrected chi connectivity index (χ1v) is 7.50. The lowest BCUT2D eigenvalue weighted by Gasteiger charge is -2.30. The normalized spacial score (nSPS) is 21.5. The Balaban J connectivity index is 3.05. The maximum absolute atomic E-state index is 11.2. The lowest BCUT2D eigenvalue weighted by atomic mass is 9.73. The Morgan fingerprint density at radius 3 is 2.33 bits per heavy atom. The van der Waals surface area contributed by atoms with Crippen molar-refractivity contribution in [2.75, 3.05) is 0 Å². The van der Waals surface area contributed by atoms with Crippen LogP contribution in [-0.2, 0) is 4.79 Å². The van der Waals surface area contributed by atoms with Crippen molar-refractivity contribution < 1.29 is 10.2 Å². The molecule has 0 fully saturated rings. The zero-order valence-corrected chi connectivity index (χ0v) is 13.9. The van der Waals surface area contributed by atoms with Crippen molar-refractivity contribution in [2.24, 2.45) is 17.8 Å². The van der Waals surface area contributed by atoms with Gasteiger partial charge in [0.15, 0.2) is 0 Å². The summed E-state index contributed by atoms with van der Waals surface area (Å²) in [6.07, 6.45) is 4.01. The van der Waals surface area contributed by atoms with Gasteiger partial charge in [-0.3, -0.25) is 10.2 Å². The summed E-state index contributed by atoms with van der Waals surface area (Å²) in [5.74, 6) is 0.507. The van der Waals surface area contributed by atoms with Gasteiger partial charge in [-0.25, -0.2) is 0 Å². The number of nitrogens with one attached hydrogen (secondary N) is 2. The number of carbonyl (C=O) groups excluding carboxylic acids is 1. The van der Waals surface area contributed by atoms with E-state index in [1.807, 2.05) is 26.8 Å². The van der Waals surface area contributed by atoms with Crippen molar-refractivity contribution >= 4 is 17.3 Å². The lowest BCUT2D eigenvalue weighted by Crippen LogP contribution is -2.48. The van der Waals surface area contributed by atoms with Gasteiger partial charge in [0, 0.05) is 25.5 Å². The molecule has 1 rings (SSSR count). The third-order valence-electron chi connectivity index (χ3n) is 4.07. The fourth-order valence-electron chi connectivity index (χ4n) is 3.20. The number of nitrogens with two attached hydrogens (primary N) is 1. The van der Waals surface area contributed by atoms with Crippen molar-refractivity contribution in [1.82, 2.24) is 5.32 Å². The molecule has 2 unspecified atom stereocenters. The smallest absolute Gasteiger partial charge is 0.217 e. The van der Waals surface area contributed by atoms with Crippen LogP contribution in [0.3, 0.4) is 0 Å². The van der Waals surface area contributed by atoms with Gasteiger partial charge in [-0.2, -0.15) is 0 Å². The average molecular weight is 290 g/mol. The molecule has 0 saturated carbocycles. The van der Waals surface area contributed by atoms with Crippen LogP contribution in [0.15, 0.2) is 23.3 Å². The SMILES string of the molecule is CC(=[NH2+])C(C(C)C)C1C=C(C)C([C@H](C)NC(C)=O)=CC1=N. The molecule has 0 spiro atoms. The molecule has 0 saturated heterocycles. The summed E-state index contributed by atoms with van der Waals surface area (Å²) in [5.41, 5.74) is 3.56. The van der Waals surface area contributed by atoms with E-state index in [0.717, 1.165) is 16.9 Å². The Morgan fingerprint density at radius 1 is 1.33 bits per heavy atom. The minimum absolute atomic E-state index is 0.0169. The molecular weight excluding hydrogens is 262 g/mol. The predicted octanol–water partition coefficient (Wildman–Crippen LogP) is 1.53. The maximum Gasteiger partial charge on any atom is 0.217 e. The van der Waals surface area contributed by atoms with Gasteiger partial charge in [0.25, 0.3) is 0 Å². The van der Waals surface area contributed by atoms with E-state index < -0.39 is 0 Å². The largest absolute Gasteiger partial charge is 0.350 e. The van der Waals surface area contributed by atoms with Crippen molar-refractivity contribution in [3.8, 4) is 0 Å². The summed E-state index contributed by atoms with van der Waals surface area (Å²) in [4.78, 5) is 11.2. The topological polar surface area (TPSA) is 78.5 Å². The van der Waals surface area contributed by atoms with Crippen LogP contribution in [0.25, 0.3) is 0 Å². The number of hydrogen-bond acceptors (Lipinski definition) is 2. The van der Waals surface area contributed by atoms with Gasteiger partial charge >= 0.3 is 0 Å². The van der Waals surface area contributed by atoms with Crippen LogP contribution >= 0.6 is 0 Å². The lowest BCUT2D eigenvalue weighted by molar-refractivity contribution is -0.122. The van der Waals surface area contributed by atoms with Crippen molar-refractivity contribution in [3.63, 3.8) is 0 Å². The fraction of sp³-hybridized carbons (Fsp3) is 0.588. The molecule has 1 amide bonds. The summed E-state index contributed by atoms with van der Waals surface area (Å²) >= 11 is 0. The summed E-state index contributed by atoms with van der Waals surface area (Å²) < 4.78 is 0. The van der Waals surface area contributed by atoms with Gasteiger partial charge in [-0.15, -0.1) is 0 Å². The van der Waals surface area contributed by atoms with Gasteiger partial charge in [0.2, 0.25) is 5.91 Å². The number of allylic oxidation sites excluding steroid dienone is 2. The molecule has 0 bridgehead atoms. The van der Waals surface area contributed by atoms with Crippen LogP contribution in [0.1, 0.15) is 41.5 Å². The van der Waals surface area contributed by atoms with E-state index in [1.54, 1.807) is 0 Å². The maximum atomic E-state index is 11.2. The highest BCUT2D eigenvalue weighted by Gasteiger charge is 2.33. The molecule has 0 heterocycles. The second kappa shape index (κ2) is 6.83. The van der Waals surface area contributed by atoms with E-state index in [0.29, 0.717) is 11.6 Å². The van der Waals surface area contributed by atoms with E-state index in [-0.39, 0.29) is 23.8 Å². The molecule has 4 N–H and O–H groups in total. The fourth-order valence-corrected chi connectivity index (χ4v) is 3.20. The first kappa shape index (κ1) is 17.3. The molecule has 0 aromatic heterocycles. The van der Waals surface area contributed by atoms with Crippen LogP contribution in [0, 0.1) is 23.2 Å². The zero-order chi connectivity index (χ0) is 16.3. The third-order valence-corrected chi connectivity index (χ3v) is 4.07. The summed E-state index contributed by atoms with van der Waals surface area (Å²) in [5, 5.41) is 17.3. The Hall–Kier alpha value is -1.71. The molecular formula is C17H28N3O+. The van der Waals surface area contributed by atoms with Gasteiger partial charge in [0.05, 0.1) is 12.0 Å². The summed E-state index contributed by atoms with van der Waals surface area (Å²) in [6.45, 7) is 11.7. The zero-order valence-electron chi connectivity index (χ0n) is 13.9. The minimum Gasteiger partial charge on any atom is -0.350 e. The van der Waals surface area contributed by atoms with Crippen LogP contribution < -0.4 is 10.7 Å². The molecule has 0 aromatic rings. The second-order valence-corrected chi connectivity index (χ2v) is 6.37. The number of amides is 1.